The van der Waals surface area contributed by atoms with Gasteiger partial charge in [-0.2, -0.15) is 0 Å². The van der Waals surface area contributed by atoms with Gasteiger partial charge in [0.05, 0.1) is 23.1 Å². The summed E-state index contributed by atoms with van der Waals surface area (Å²) in [6.45, 7) is 8.35. The van der Waals surface area contributed by atoms with E-state index in [-0.39, 0.29) is 16.9 Å². The quantitative estimate of drug-likeness (QED) is 0.527. The molecule has 2 aromatic carbocycles. The second-order valence-corrected chi connectivity index (χ2v) is 8.59. The maximum absolute atomic E-state index is 13.3. The normalized spacial score (nSPS) is 16.6. The number of aromatic hydroxyl groups is 1. The lowest BCUT2D eigenvalue weighted by molar-refractivity contribution is 0.0526. The van der Waals surface area contributed by atoms with Crippen molar-refractivity contribution in [1.29, 1.82) is 0 Å². The van der Waals surface area contributed by atoms with E-state index < -0.39 is 5.97 Å². The van der Waals surface area contributed by atoms with Gasteiger partial charge in [0.15, 0.2) is 0 Å². The summed E-state index contributed by atoms with van der Waals surface area (Å²) in [5, 5.41) is 10.9. The van der Waals surface area contributed by atoms with E-state index in [9.17, 15) is 14.7 Å². The van der Waals surface area contributed by atoms with Gasteiger partial charge < -0.3 is 19.0 Å². The highest BCUT2D eigenvalue weighted by atomic mass is 16.5. The van der Waals surface area contributed by atoms with Crippen LogP contribution in [0.4, 0.5) is 0 Å². The zero-order valence-electron chi connectivity index (χ0n) is 19.2. The van der Waals surface area contributed by atoms with Gasteiger partial charge in [-0.25, -0.2) is 4.79 Å². The van der Waals surface area contributed by atoms with Crippen LogP contribution in [0.1, 0.15) is 48.4 Å². The van der Waals surface area contributed by atoms with E-state index in [4.69, 9.17) is 13.9 Å². The van der Waals surface area contributed by atoms with Gasteiger partial charge >= 0.3 is 5.97 Å². The molecule has 0 unspecified atom stereocenters. The molecule has 1 saturated heterocycles. The summed E-state index contributed by atoms with van der Waals surface area (Å²) in [7, 11) is 0. The topological polar surface area (TPSA) is 89.2 Å². The maximum Gasteiger partial charge on any atom is 0.338 e. The van der Waals surface area contributed by atoms with Crippen molar-refractivity contribution in [2.75, 3.05) is 19.7 Å². The average molecular weight is 452 g/mol. The summed E-state index contributed by atoms with van der Waals surface area (Å²) < 4.78 is 16.9. The summed E-state index contributed by atoms with van der Waals surface area (Å²) in [5.74, 6) is 1.10. The number of fused-ring (bicyclic) bond motifs is 1. The summed E-state index contributed by atoms with van der Waals surface area (Å²) >= 11 is 0. The molecule has 7 heteroatoms. The van der Waals surface area contributed by atoms with E-state index in [0.29, 0.717) is 52.7 Å². The van der Waals surface area contributed by atoms with E-state index in [2.05, 4.69) is 11.8 Å². The second-order valence-electron chi connectivity index (χ2n) is 8.59. The van der Waals surface area contributed by atoms with Crippen LogP contribution in [0.25, 0.3) is 11.0 Å². The van der Waals surface area contributed by atoms with Gasteiger partial charge in [-0.3, -0.25) is 9.69 Å². The second kappa shape index (κ2) is 9.67. The van der Waals surface area contributed by atoms with Gasteiger partial charge in [-0.1, -0.05) is 6.92 Å². The van der Waals surface area contributed by atoms with Crippen molar-refractivity contribution in [3.8, 4) is 17.2 Å². The number of benzene rings is 2. The number of ether oxygens (including phenoxy) is 2. The minimum Gasteiger partial charge on any atom is -0.507 e. The van der Waals surface area contributed by atoms with Gasteiger partial charge in [0.2, 0.25) is 11.2 Å². The zero-order valence-corrected chi connectivity index (χ0v) is 19.2. The molecule has 4 rings (SSSR count). The molecule has 0 amide bonds. The van der Waals surface area contributed by atoms with Crippen LogP contribution in [0.2, 0.25) is 0 Å². The van der Waals surface area contributed by atoms with Gasteiger partial charge in [0.25, 0.3) is 0 Å². The first-order valence-corrected chi connectivity index (χ1v) is 11.3. The van der Waals surface area contributed by atoms with Crippen LogP contribution in [0.3, 0.4) is 0 Å². The van der Waals surface area contributed by atoms with Crippen molar-refractivity contribution in [1.82, 2.24) is 4.90 Å². The van der Waals surface area contributed by atoms with Crippen molar-refractivity contribution in [3.63, 3.8) is 0 Å². The molecule has 2 heterocycles. The Morgan fingerprint density at radius 1 is 1.21 bits per heavy atom. The van der Waals surface area contributed by atoms with Crippen LogP contribution >= 0.6 is 0 Å². The summed E-state index contributed by atoms with van der Waals surface area (Å²) in [6.07, 6.45) is 2.32. The Kier molecular flexibility index (Phi) is 6.70. The maximum atomic E-state index is 13.3. The number of rotatable bonds is 6. The molecule has 1 aromatic heterocycles. The molecule has 1 aliphatic rings. The third kappa shape index (κ3) is 4.88. The molecule has 0 radical (unpaired) electrons. The molecule has 0 spiro atoms. The van der Waals surface area contributed by atoms with E-state index in [0.717, 1.165) is 19.5 Å². The predicted octanol–water partition coefficient (Wildman–Crippen LogP) is 5.01. The van der Waals surface area contributed by atoms with E-state index in [1.807, 2.05) is 0 Å². The summed E-state index contributed by atoms with van der Waals surface area (Å²) in [6, 6.07) is 9.48. The molecule has 3 aromatic rings. The highest BCUT2D eigenvalue weighted by molar-refractivity contribution is 5.89. The molecule has 7 nitrogen and oxygen atoms in total. The molecule has 1 fully saturated rings. The lowest BCUT2D eigenvalue weighted by atomic mass is 9.99. The summed E-state index contributed by atoms with van der Waals surface area (Å²) in [4.78, 5) is 27.4. The fourth-order valence-electron chi connectivity index (χ4n) is 4.31. The summed E-state index contributed by atoms with van der Waals surface area (Å²) in [5.41, 5.74) is 1.10. The largest absolute Gasteiger partial charge is 0.507 e. The number of nitrogens with zero attached hydrogens (tertiary/aromatic N) is 1. The first-order valence-electron chi connectivity index (χ1n) is 11.3. The van der Waals surface area contributed by atoms with E-state index >= 15 is 0 Å². The minimum atomic E-state index is -0.416. The number of likely N-dealkylation sites (tertiary alicyclic amines) is 1. The molecule has 0 saturated carbocycles. The SMILES string of the molecule is CCOC(=O)c1ccc(Oc2c(C)oc3c(CN4CCC[C@H](C)C4)c(O)ccc3c2=O)cc1. The van der Waals surface area contributed by atoms with Crippen molar-refractivity contribution in [2.45, 2.75) is 40.2 Å². The number of hydrogen-bond donors (Lipinski definition) is 1. The Hall–Kier alpha value is -3.32. The standard InChI is InChI=1S/C26H29NO6/c1-4-31-26(30)18-7-9-19(10-8-18)33-24-17(3)32-25-20(23(24)29)11-12-22(28)21(25)15-27-13-5-6-16(2)14-27/h7-12,16,28H,4-6,13-15H2,1-3H3/t16-/m0/s1. The molecule has 0 bridgehead atoms. The van der Waals surface area contributed by atoms with Crippen molar-refractivity contribution in [2.24, 2.45) is 5.92 Å². The molecular weight excluding hydrogens is 422 g/mol. The van der Waals surface area contributed by atoms with E-state index in [1.54, 1.807) is 44.2 Å². The highest BCUT2D eigenvalue weighted by Crippen LogP contribution is 2.32. The van der Waals surface area contributed by atoms with Crippen molar-refractivity contribution in [3.05, 3.63) is 63.5 Å². The van der Waals surface area contributed by atoms with Crippen LogP contribution in [-0.2, 0) is 11.3 Å². The van der Waals surface area contributed by atoms with Crippen LogP contribution in [0.15, 0.2) is 45.6 Å². The first kappa shape index (κ1) is 22.9. The lowest BCUT2D eigenvalue weighted by Crippen LogP contribution is -2.33. The molecule has 33 heavy (non-hydrogen) atoms. The number of hydrogen-bond acceptors (Lipinski definition) is 7. The van der Waals surface area contributed by atoms with Crippen LogP contribution in [-0.4, -0.2) is 35.7 Å². The molecule has 1 aliphatic heterocycles. The molecule has 1 N–H and O–H groups in total. The number of esters is 1. The van der Waals surface area contributed by atoms with Gasteiger partial charge in [-0.15, -0.1) is 0 Å². The Morgan fingerprint density at radius 3 is 2.67 bits per heavy atom. The molecule has 1 atom stereocenters. The van der Waals surface area contributed by atoms with Gasteiger partial charge in [0.1, 0.15) is 22.8 Å². The monoisotopic (exact) mass is 451 g/mol. The smallest absolute Gasteiger partial charge is 0.338 e. The Bertz CT molecular complexity index is 1210. The minimum absolute atomic E-state index is 0.0784. The Balaban J connectivity index is 1.65. The number of phenolic OH excluding ortho intramolecular Hbond substituents is 1. The van der Waals surface area contributed by atoms with Crippen LogP contribution in [0, 0.1) is 12.8 Å². The fraction of sp³-hybridized carbons (Fsp3) is 0.385. The Morgan fingerprint density at radius 2 is 1.97 bits per heavy atom. The van der Waals surface area contributed by atoms with Crippen LogP contribution < -0.4 is 10.2 Å². The molecule has 174 valence electrons. The number of carbonyl (C=O) groups is 1. The van der Waals surface area contributed by atoms with Crippen molar-refractivity contribution < 1.29 is 23.8 Å². The van der Waals surface area contributed by atoms with Crippen molar-refractivity contribution >= 4 is 16.9 Å². The lowest BCUT2D eigenvalue weighted by Gasteiger charge is -2.31. The van der Waals surface area contributed by atoms with Crippen LogP contribution in [0.5, 0.6) is 17.2 Å². The highest BCUT2D eigenvalue weighted by Gasteiger charge is 2.22. The predicted molar refractivity (Wildman–Crippen MR) is 125 cm³/mol. The molecule has 0 aliphatic carbocycles. The van der Waals surface area contributed by atoms with Gasteiger partial charge in [-0.05, 0) is 75.5 Å². The fourth-order valence-corrected chi connectivity index (χ4v) is 4.31. The zero-order chi connectivity index (χ0) is 23.5. The number of carbonyl (C=O) groups excluding carboxylic acids is 1. The third-order valence-electron chi connectivity index (χ3n) is 5.97. The Labute approximate surface area is 192 Å². The molecular formula is C26H29NO6. The van der Waals surface area contributed by atoms with Gasteiger partial charge in [0, 0.05) is 13.1 Å². The number of aryl methyl sites for hydroxylation is 1. The number of phenols is 1. The van der Waals surface area contributed by atoms with E-state index in [1.165, 1.54) is 12.5 Å². The number of piperidine rings is 1. The third-order valence-corrected chi connectivity index (χ3v) is 5.97. The average Bonchev–Trinajstić information content (AvgIpc) is 2.79. The first-order chi connectivity index (χ1) is 15.9.